The van der Waals surface area contributed by atoms with Crippen molar-refractivity contribution >= 4 is 5.70 Å². The molecule has 2 atom stereocenters. The number of allylic oxidation sites excluding steroid dienone is 1. The number of nitrogens with two attached hydrogens (primary N) is 2. The lowest BCUT2D eigenvalue weighted by Gasteiger charge is -2.42. The predicted molar refractivity (Wildman–Crippen MR) is 130 cm³/mol. The van der Waals surface area contributed by atoms with Crippen LogP contribution in [0.25, 0.3) is 5.70 Å². The fraction of sp³-hybridized carbons (Fsp3) is 0.400. The van der Waals surface area contributed by atoms with E-state index in [1.54, 1.807) is 18.3 Å². The largest absolute Gasteiger partial charge is 0.504 e. The van der Waals surface area contributed by atoms with Crippen LogP contribution >= 0.6 is 0 Å². The molecule has 2 unspecified atom stereocenters. The first-order chi connectivity index (χ1) is 16.2. The number of aryl methyl sites for hydroxylation is 1. The fourth-order valence-corrected chi connectivity index (χ4v) is 4.33. The predicted octanol–water partition coefficient (Wildman–Crippen LogP) is 2.70. The number of ether oxygens (including phenoxy) is 1. The molecule has 0 radical (unpaired) electrons. The summed E-state index contributed by atoms with van der Waals surface area (Å²) in [6.07, 6.45) is 3.84. The maximum absolute atomic E-state index is 13.8. The Morgan fingerprint density at radius 2 is 2.15 bits per heavy atom. The van der Waals surface area contributed by atoms with Crippen LogP contribution in [-0.4, -0.2) is 44.8 Å². The summed E-state index contributed by atoms with van der Waals surface area (Å²) in [5.74, 6) is -0.290. The van der Waals surface area contributed by atoms with E-state index < -0.39 is 11.6 Å². The Kier molecular flexibility index (Phi) is 7.56. The second kappa shape index (κ2) is 10.2. The van der Waals surface area contributed by atoms with Gasteiger partial charge >= 0.3 is 0 Å². The van der Waals surface area contributed by atoms with Crippen molar-refractivity contribution in [3.05, 3.63) is 70.6 Å². The molecule has 0 saturated carbocycles. The van der Waals surface area contributed by atoms with Crippen LogP contribution in [-0.2, 0) is 6.61 Å². The number of aliphatic hydroxyl groups is 1. The Balaban J connectivity index is 0.00000158. The summed E-state index contributed by atoms with van der Waals surface area (Å²) < 4.78 is 19.9. The molecule has 8 nitrogen and oxygen atoms in total. The number of aliphatic hydroxyl groups excluding tert-OH is 1. The zero-order valence-corrected chi connectivity index (χ0v) is 20.1. The molecule has 0 amide bonds. The second-order valence-electron chi connectivity index (χ2n) is 8.55. The van der Waals surface area contributed by atoms with Crippen LogP contribution < -0.4 is 21.5 Å². The van der Waals surface area contributed by atoms with Crippen LogP contribution in [0.5, 0.6) is 11.6 Å². The summed E-state index contributed by atoms with van der Waals surface area (Å²) in [5.41, 5.74) is 14.9. The fourth-order valence-electron chi connectivity index (χ4n) is 4.33. The van der Waals surface area contributed by atoms with Gasteiger partial charge in [-0.25, -0.2) is 9.37 Å². The van der Waals surface area contributed by atoms with Gasteiger partial charge < -0.3 is 36.6 Å². The number of aromatic nitrogens is 1. The number of aromatic hydroxyl groups is 1. The summed E-state index contributed by atoms with van der Waals surface area (Å²) in [5, 5.41) is 22.6. The molecule has 3 heterocycles. The summed E-state index contributed by atoms with van der Waals surface area (Å²) in [7, 11) is 0. The molecule has 0 bridgehead atoms. The topological polar surface area (TPSA) is 130 Å². The second-order valence-corrected chi connectivity index (χ2v) is 8.55. The van der Waals surface area contributed by atoms with Gasteiger partial charge in [0.05, 0.1) is 24.4 Å². The molecular weight excluding hydrogens is 437 g/mol. The monoisotopic (exact) mass is 471 g/mol. The number of fused-ring (bicyclic) bond motifs is 1. The summed E-state index contributed by atoms with van der Waals surface area (Å²) in [6, 6.07) is 6.03. The number of hydrogen-bond acceptors (Lipinski definition) is 8. The average Bonchev–Trinajstić information content (AvgIpc) is 3.15. The molecule has 1 aromatic carbocycles. The highest BCUT2D eigenvalue weighted by atomic mass is 19.1. The van der Waals surface area contributed by atoms with Gasteiger partial charge in [-0.1, -0.05) is 19.9 Å². The number of nitrogens with zero attached hydrogens (tertiary/aromatic N) is 2. The van der Waals surface area contributed by atoms with Crippen LogP contribution in [0.2, 0.25) is 0 Å². The first-order valence-corrected chi connectivity index (χ1v) is 11.4. The molecule has 0 aliphatic carbocycles. The van der Waals surface area contributed by atoms with Crippen LogP contribution in [0.3, 0.4) is 0 Å². The molecule has 2 aromatic rings. The summed E-state index contributed by atoms with van der Waals surface area (Å²) in [6.45, 7) is 9.11. The third-order valence-corrected chi connectivity index (χ3v) is 6.17. The van der Waals surface area contributed by atoms with Crippen molar-refractivity contribution in [3.63, 3.8) is 0 Å². The average molecular weight is 472 g/mol. The Morgan fingerprint density at radius 1 is 1.41 bits per heavy atom. The first kappa shape index (κ1) is 25.2. The van der Waals surface area contributed by atoms with Crippen molar-refractivity contribution < 1.29 is 19.3 Å². The smallest absolute Gasteiger partial charge is 0.213 e. The number of benzene rings is 1. The van der Waals surface area contributed by atoms with Crippen LogP contribution in [0, 0.1) is 12.7 Å². The molecule has 4 rings (SSSR count). The number of rotatable bonds is 5. The van der Waals surface area contributed by atoms with E-state index >= 15 is 0 Å². The molecule has 2 aliphatic heterocycles. The standard InChI is InChI=1S/C23H28FN5O3.C2H6/c1-13-6-20(27-9-14(13)11-30)32-15-8-23(2)12-28-22(26)19(29(23)10-15)7-18(25)16-4-3-5-17(24)21(16)31;1-2/h3-7,9,15,28,30-31H,8,10-12,25-26H2,1-2H3;1-2H3/b18-7-;. The van der Waals surface area contributed by atoms with Gasteiger partial charge in [-0.15, -0.1) is 0 Å². The maximum atomic E-state index is 13.8. The van der Waals surface area contributed by atoms with E-state index in [1.807, 2.05) is 26.8 Å². The minimum atomic E-state index is -0.739. The van der Waals surface area contributed by atoms with Crippen molar-refractivity contribution in [3.8, 4) is 11.6 Å². The number of hydrogen-bond donors (Lipinski definition) is 5. The number of halogens is 1. The minimum absolute atomic E-state index is 0.0673. The Hall–Kier alpha value is -3.46. The van der Waals surface area contributed by atoms with Gasteiger partial charge in [0.2, 0.25) is 5.88 Å². The molecule has 0 spiro atoms. The summed E-state index contributed by atoms with van der Waals surface area (Å²) >= 11 is 0. The van der Waals surface area contributed by atoms with E-state index in [0.717, 1.165) is 17.5 Å². The molecule has 9 heteroatoms. The SMILES string of the molecule is CC.Cc1cc(OC2CN3C(/C=C(\N)c4cccc(F)c4O)=C(N)NCC3(C)C2)ncc1CO. The van der Waals surface area contributed by atoms with Crippen molar-refractivity contribution in [2.45, 2.75) is 52.4 Å². The van der Waals surface area contributed by atoms with E-state index in [0.29, 0.717) is 30.5 Å². The van der Waals surface area contributed by atoms with E-state index in [4.69, 9.17) is 16.2 Å². The lowest BCUT2D eigenvalue weighted by atomic mass is 9.95. The molecule has 184 valence electrons. The van der Waals surface area contributed by atoms with Gasteiger partial charge in [-0.05, 0) is 43.2 Å². The molecule has 1 aromatic heterocycles. The van der Waals surface area contributed by atoms with Gasteiger partial charge in [-0.3, -0.25) is 0 Å². The Bertz CT molecular complexity index is 1100. The number of phenolic OH excluding ortho intramolecular Hbond substituents is 1. The van der Waals surface area contributed by atoms with Gasteiger partial charge in [0.25, 0.3) is 0 Å². The highest BCUT2D eigenvalue weighted by Crippen LogP contribution is 2.38. The van der Waals surface area contributed by atoms with Gasteiger partial charge in [-0.2, -0.15) is 0 Å². The third-order valence-electron chi connectivity index (χ3n) is 6.17. The van der Waals surface area contributed by atoms with Crippen LogP contribution in [0.1, 0.15) is 43.9 Å². The van der Waals surface area contributed by atoms with E-state index in [1.165, 1.54) is 12.1 Å². The summed E-state index contributed by atoms with van der Waals surface area (Å²) in [4.78, 5) is 6.43. The van der Waals surface area contributed by atoms with Crippen molar-refractivity contribution in [1.29, 1.82) is 0 Å². The quantitative estimate of drug-likeness (QED) is 0.450. The third kappa shape index (κ3) is 4.89. The van der Waals surface area contributed by atoms with E-state index in [9.17, 15) is 14.6 Å². The first-order valence-electron chi connectivity index (χ1n) is 11.4. The molecule has 1 fully saturated rings. The molecular formula is C25H34FN5O3. The molecule has 34 heavy (non-hydrogen) atoms. The van der Waals surface area contributed by atoms with Gasteiger partial charge in [0.15, 0.2) is 11.6 Å². The van der Waals surface area contributed by atoms with Crippen molar-refractivity contribution in [1.82, 2.24) is 15.2 Å². The van der Waals surface area contributed by atoms with E-state index in [2.05, 4.69) is 22.1 Å². The van der Waals surface area contributed by atoms with Crippen LogP contribution in [0.4, 0.5) is 4.39 Å². The Morgan fingerprint density at radius 3 is 2.82 bits per heavy atom. The van der Waals surface area contributed by atoms with Crippen molar-refractivity contribution in [2.24, 2.45) is 11.5 Å². The van der Waals surface area contributed by atoms with Gasteiger partial charge in [0, 0.05) is 36.5 Å². The van der Waals surface area contributed by atoms with E-state index in [-0.39, 0.29) is 29.5 Å². The zero-order valence-electron chi connectivity index (χ0n) is 20.1. The van der Waals surface area contributed by atoms with Gasteiger partial charge in [0.1, 0.15) is 11.9 Å². The lowest BCUT2D eigenvalue weighted by Crippen LogP contribution is -2.53. The molecule has 7 N–H and O–H groups in total. The zero-order chi connectivity index (χ0) is 25.0. The maximum Gasteiger partial charge on any atom is 0.213 e. The lowest BCUT2D eigenvalue weighted by molar-refractivity contribution is 0.187. The number of phenols is 1. The number of pyridine rings is 1. The normalized spacial score (nSPS) is 22.0. The highest BCUT2D eigenvalue weighted by Gasteiger charge is 2.46. The number of nitrogens with one attached hydrogen (secondary N) is 1. The highest BCUT2D eigenvalue weighted by molar-refractivity contribution is 5.70. The minimum Gasteiger partial charge on any atom is -0.504 e. The number of para-hydroxylation sites is 1. The Labute approximate surface area is 199 Å². The molecule has 1 saturated heterocycles. The van der Waals surface area contributed by atoms with Crippen molar-refractivity contribution in [2.75, 3.05) is 13.1 Å². The molecule has 2 aliphatic rings. The van der Waals surface area contributed by atoms with Crippen LogP contribution in [0.15, 0.2) is 48.1 Å².